The average molecular weight is 385 g/mol. The first kappa shape index (κ1) is 21.3. The highest BCUT2D eigenvalue weighted by molar-refractivity contribution is 6.01. The summed E-state index contributed by atoms with van der Waals surface area (Å²) in [6.07, 6.45) is 0.590. The lowest BCUT2D eigenvalue weighted by Crippen LogP contribution is -2.46. The third kappa shape index (κ3) is 3.96. The van der Waals surface area contributed by atoms with Crippen molar-refractivity contribution < 1.29 is 23.8 Å². The van der Waals surface area contributed by atoms with E-state index in [9.17, 15) is 9.59 Å². The van der Waals surface area contributed by atoms with E-state index in [4.69, 9.17) is 19.9 Å². The quantitative estimate of drug-likeness (QED) is 0.426. The van der Waals surface area contributed by atoms with Crippen molar-refractivity contribution >= 4 is 17.6 Å². The summed E-state index contributed by atoms with van der Waals surface area (Å²) in [5.41, 5.74) is 6.88. The fourth-order valence-corrected chi connectivity index (χ4v) is 3.62. The van der Waals surface area contributed by atoms with E-state index in [0.29, 0.717) is 17.9 Å². The molecule has 0 saturated heterocycles. The minimum atomic E-state index is -1.50. The summed E-state index contributed by atoms with van der Waals surface area (Å²) < 4.78 is 15.3. The van der Waals surface area contributed by atoms with Gasteiger partial charge in [0, 0.05) is 11.6 Å². The number of hydrogen-bond acceptors (Lipinski definition) is 6. The van der Waals surface area contributed by atoms with Crippen LogP contribution in [-0.2, 0) is 25.5 Å². The van der Waals surface area contributed by atoms with Crippen molar-refractivity contribution in [1.29, 1.82) is 0 Å². The van der Waals surface area contributed by atoms with Crippen LogP contribution >= 0.6 is 0 Å². The maximum atomic E-state index is 12.9. The summed E-state index contributed by atoms with van der Waals surface area (Å²) in [7, 11) is 4.13. The Hall–Kier alpha value is -3.02. The Kier molecular flexibility index (Phi) is 7.04. The fourth-order valence-electron chi connectivity index (χ4n) is 3.62. The number of ether oxygens (including phenoxy) is 3. The van der Waals surface area contributed by atoms with Crippen LogP contribution in [0, 0.1) is 5.41 Å². The summed E-state index contributed by atoms with van der Waals surface area (Å²) in [4.78, 5) is 25.8. The number of nitrogen functional groups attached to an aromatic ring is 1. The highest BCUT2D eigenvalue weighted by Gasteiger charge is 2.53. The van der Waals surface area contributed by atoms with E-state index in [2.05, 4.69) is 0 Å². The molecular weight excluding hydrogens is 358 g/mol. The molecule has 6 nitrogen and oxygen atoms in total. The standard InChI is InChI=1S/C22H27NO5/c1-5-22(20(24)27-3,21(25)28-4)18(14-16-8-6-7-9-19(16)23)15-10-12-17(26-2)13-11-15/h6-13,18H,5,14,23H2,1-4H3. The smallest absolute Gasteiger partial charge is 0.323 e. The number of carbonyl (C=O) groups excluding carboxylic acids is 2. The van der Waals surface area contributed by atoms with Crippen LogP contribution < -0.4 is 10.5 Å². The van der Waals surface area contributed by atoms with E-state index in [1.165, 1.54) is 14.2 Å². The van der Waals surface area contributed by atoms with Gasteiger partial charge in [-0.15, -0.1) is 0 Å². The largest absolute Gasteiger partial charge is 0.497 e. The number of esters is 2. The molecule has 1 unspecified atom stereocenters. The SMILES string of the molecule is CCC(C(=O)OC)(C(=O)OC)C(Cc1ccccc1N)c1ccc(OC)cc1. The maximum absolute atomic E-state index is 12.9. The van der Waals surface area contributed by atoms with E-state index in [-0.39, 0.29) is 6.42 Å². The van der Waals surface area contributed by atoms with Gasteiger partial charge >= 0.3 is 11.9 Å². The first-order chi connectivity index (χ1) is 13.4. The van der Waals surface area contributed by atoms with Crippen LogP contribution in [0.5, 0.6) is 5.75 Å². The molecule has 0 aliphatic rings. The second-order valence-electron chi connectivity index (χ2n) is 6.54. The normalized spacial score (nSPS) is 12.1. The lowest BCUT2D eigenvalue weighted by Gasteiger charge is -2.35. The van der Waals surface area contributed by atoms with Crippen LogP contribution in [0.2, 0.25) is 0 Å². The van der Waals surface area contributed by atoms with Gasteiger partial charge in [0.25, 0.3) is 0 Å². The van der Waals surface area contributed by atoms with Gasteiger partial charge in [-0.05, 0) is 42.2 Å². The van der Waals surface area contributed by atoms with Crippen LogP contribution in [0.3, 0.4) is 0 Å². The number of benzene rings is 2. The van der Waals surface area contributed by atoms with Crippen LogP contribution in [-0.4, -0.2) is 33.3 Å². The summed E-state index contributed by atoms with van der Waals surface area (Å²) in [6.45, 7) is 1.78. The molecule has 2 N–H and O–H groups in total. The number of methoxy groups -OCH3 is 3. The summed E-state index contributed by atoms with van der Waals surface area (Å²) >= 11 is 0. The molecule has 1 atom stereocenters. The Labute approximate surface area is 165 Å². The van der Waals surface area contributed by atoms with Gasteiger partial charge in [-0.2, -0.15) is 0 Å². The van der Waals surface area contributed by atoms with Crippen molar-refractivity contribution in [1.82, 2.24) is 0 Å². The topological polar surface area (TPSA) is 87.9 Å². The van der Waals surface area contributed by atoms with E-state index >= 15 is 0 Å². The molecule has 2 aromatic carbocycles. The molecule has 0 bridgehead atoms. The predicted octanol–water partition coefficient (Wildman–Crippen LogP) is 3.35. The zero-order valence-corrected chi connectivity index (χ0v) is 16.7. The summed E-state index contributed by atoms with van der Waals surface area (Å²) in [5, 5.41) is 0. The van der Waals surface area contributed by atoms with Crippen LogP contribution in [0.25, 0.3) is 0 Å². The molecule has 28 heavy (non-hydrogen) atoms. The zero-order valence-electron chi connectivity index (χ0n) is 16.7. The maximum Gasteiger partial charge on any atom is 0.323 e. The molecule has 150 valence electrons. The third-order valence-corrected chi connectivity index (χ3v) is 5.25. The van der Waals surface area contributed by atoms with Gasteiger partial charge in [-0.3, -0.25) is 9.59 Å². The van der Waals surface area contributed by atoms with Crippen LogP contribution in [0.4, 0.5) is 5.69 Å². The van der Waals surface area contributed by atoms with Gasteiger partial charge in [0.2, 0.25) is 0 Å². The van der Waals surface area contributed by atoms with E-state index in [1.54, 1.807) is 32.2 Å². The monoisotopic (exact) mass is 385 g/mol. The highest BCUT2D eigenvalue weighted by atomic mass is 16.5. The molecule has 6 heteroatoms. The van der Waals surface area contributed by atoms with Gasteiger partial charge in [-0.25, -0.2) is 0 Å². The van der Waals surface area contributed by atoms with Crippen molar-refractivity contribution in [2.75, 3.05) is 27.1 Å². The number of anilines is 1. The third-order valence-electron chi connectivity index (χ3n) is 5.25. The Morgan fingerprint density at radius 2 is 1.54 bits per heavy atom. The van der Waals surface area contributed by atoms with Crippen molar-refractivity contribution in [2.24, 2.45) is 5.41 Å². The highest BCUT2D eigenvalue weighted by Crippen LogP contribution is 2.44. The lowest BCUT2D eigenvalue weighted by molar-refractivity contribution is -0.171. The van der Waals surface area contributed by atoms with Crippen LogP contribution in [0.1, 0.15) is 30.4 Å². The number of para-hydroxylation sites is 1. The van der Waals surface area contributed by atoms with Crippen molar-refractivity contribution in [3.63, 3.8) is 0 Å². The molecule has 0 aromatic heterocycles. The molecule has 0 saturated carbocycles. The summed E-state index contributed by atoms with van der Waals surface area (Å²) in [6, 6.07) is 14.7. The van der Waals surface area contributed by atoms with Gasteiger partial charge in [0.1, 0.15) is 5.75 Å². The van der Waals surface area contributed by atoms with E-state index in [1.807, 2.05) is 30.3 Å². The lowest BCUT2D eigenvalue weighted by atomic mass is 9.67. The van der Waals surface area contributed by atoms with Crippen LogP contribution in [0.15, 0.2) is 48.5 Å². The van der Waals surface area contributed by atoms with Crippen molar-refractivity contribution in [3.05, 3.63) is 59.7 Å². The molecule has 0 amide bonds. The van der Waals surface area contributed by atoms with Gasteiger partial charge in [-0.1, -0.05) is 37.3 Å². The fraction of sp³-hybridized carbons (Fsp3) is 0.364. The zero-order chi connectivity index (χ0) is 20.7. The van der Waals surface area contributed by atoms with E-state index in [0.717, 1.165) is 11.1 Å². The molecule has 2 rings (SSSR count). The van der Waals surface area contributed by atoms with Crippen molar-refractivity contribution in [2.45, 2.75) is 25.7 Å². The molecule has 0 radical (unpaired) electrons. The molecule has 0 heterocycles. The second kappa shape index (κ2) is 9.26. The van der Waals surface area contributed by atoms with E-state index < -0.39 is 23.3 Å². The minimum absolute atomic E-state index is 0.218. The molecular formula is C22H27NO5. The molecule has 0 fully saturated rings. The van der Waals surface area contributed by atoms with Gasteiger partial charge in [0.15, 0.2) is 5.41 Å². The molecule has 0 aliphatic carbocycles. The number of hydrogen-bond donors (Lipinski definition) is 1. The van der Waals surface area contributed by atoms with Crippen molar-refractivity contribution in [3.8, 4) is 5.75 Å². The average Bonchev–Trinajstić information content (AvgIpc) is 2.74. The Bertz CT molecular complexity index is 800. The summed E-state index contributed by atoms with van der Waals surface area (Å²) in [5.74, 6) is -1.11. The van der Waals surface area contributed by atoms with Gasteiger partial charge in [0.05, 0.1) is 21.3 Å². The Morgan fingerprint density at radius 3 is 2.00 bits per heavy atom. The molecule has 0 spiro atoms. The first-order valence-electron chi connectivity index (χ1n) is 9.08. The number of nitrogens with two attached hydrogens (primary N) is 1. The first-order valence-corrected chi connectivity index (χ1v) is 9.08. The minimum Gasteiger partial charge on any atom is -0.497 e. The Balaban J connectivity index is 2.67. The number of rotatable bonds is 8. The predicted molar refractivity (Wildman–Crippen MR) is 107 cm³/mol. The van der Waals surface area contributed by atoms with Gasteiger partial charge < -0.3 is 19.9 Å². The number of carbonyl (C=O) groups is 2. The second-order valence-corrected chi connectivity index (χ2v) is 6.54. The Morgan fingerprint density at radius 1 is 0.964 bits per heavy atom. The molecule has 0 aliphatic heterocycles. The molecule has 2 aromatic rings.